The lowest BCUT2D eigenvalue weighted by Crippen LogP contribution is -2.36. The van der Waals surface area contributed by atoms with Crippen LogP contribution in [0.2, 0.25) is 0 Å². The molecule has 1 heterocycles. The predicted octanol–water partition coefficient (Wildman–Crippen LogP) is -1.24. The summed E-state index contributed by atoms with van der Waals surface area (Å²) in [6.07, 6.45) is 0.936. The van der Waals surface area contributed by atoms with E-state index in [9.17, 15) is 13.2 Å². The number of aliphatic hydroxyl groups excluding tert-OH is 2. The molecular weight excluding hydrogens is 276 g/mol. The summed E-state index contributed by atoms with van der Waals surface area (Å²) in [5.74, 6) is -1.21. The van der Waals surface area contributed by atoms with Gasteiger partial charge in [-0.25, -0.2) is 18.2 Å². The number of carbonyl (C=O) groups is 1. The molecule has 9 heteroatoms. The SMILES string of the molecule is O=C(O)c1ccc(S(=O)(=O)N(CCO)CCO)nc1. The molecule has 0 fully saturated rings. The summed E-state index contributed by atoms with van der Waals surface area (Å²) in [5, 5.41) is 26.0. The van der Waals surface area contributed by atoms with E-state index >= 15 is 0 Å². The number of hydrogen-bond donors (Lipinski definition) is 3. The topological polar surface area (TPSA) is 128 Å². The molecule has 0 atom stereocenters. The molecular formula is C10H14N2O6S. The van der Waals surface area contributed by atoms with Gasteiger partial charge in [-0.2, -0.15) is 4.31 Å². The molecule has 106 valence electrons. The van der Waals surface area contributed by atoms with Crippen molar-refractivity contribution >= 4 is 16.0 Å². The Morgan fingerprint density at radius 3 is 2.16 bits per heavy atom. The van der Waals surface area contributed by atoms with Gasteiger partial charge in [-0.15, -0.1) is 0 Å². The Balaban J connectivity index is 3.07. The van der Waals surface area contributed by atoms with Crippen molar-refractivity contribution in [1.29, 1.82) is 0 Å². The number of carboxylic acids is 1. The number of nitrogens with zero attached hydrogens (tertiary/aromatic N) is 2. The first-order valence-corrected chi connectivity index (χ1v) is 6.78. The first-order valence-electron chi connectivity index (χ1n) is 5.34. The minimum Gasteiger partial charge on any atom is -0.478 e. The molecule has 0 saturated heterocycles. The number of aliphatic hydroxyl groups is 2. The molecule has 0 radical (unpaired) electrons. The molecule has 0 aromatic carbocycles. The van der Waals surface area contributed by atoms with E-state index < -0.39 is 29.2 Å². The largest absolute Gasteiger partial charge is 0.478 e. The summed E-state index contributed by atoms with van der Waals surface area (Å²) in [4.78, 5) is 14.2. The Hall–Kier alpha value is -1.55. The molecule has 0 saturated carbocycles. The zero-order valence-electron chi connectivity index (χ0n) is 9.93. The highest BCUT2D eigenvalue weighted by molar-refractivity contribution is 7.89. The minimum absolute atomic E-state index is 0.130. The van der Waals surface area contributed by atoms with Gasteiger partial charge in [0, 0.05) is 19.3 Å². The molecule has 0 aliphatic heterocycles. The molecule has 19 heavy (non-hydrogen) atoms. The zero-order valence-corrected chi connectivity index (χ0v) is 10.7. The zero-order chi connectivity index (χ0) is 14.5. The van der Waals surface area contributed by atoms with Crippen molar-refractivity contribution in [3.05, 3.63) is 23.9 Å². The lowest BCUT2D eigenvalue weighted by Gasteiger charge is -2.19. The standard InChI is InChI=1S/C10H14N2O6S/c13-5-3-12(4-6-14)19(17,18)9-2-1-8(7-11-9)10(15)16/h1-2,7,13-14H,3-6H2,(H,15,16). The summed E-state index contributed by atoms with van der Waals surface area (Å²) in [6.45, 7) is -1.14. The van der Waals surface area contributed by atoms with Gasteiger partial charge in [0.25, 0.3) is 10.0 Å². The second-order valence-corrected chi connectivity index (χ2v) is 5.43. The van der Waals surface area contributed by atoms with Crippen molar-refractivity contribution in [2.45, 2.75) is 5.03 Å². The number of rotatable bonds is 7. The second kappa shape index (κ2) is 6.57. The van der Waals surface area contributed by atoms with Crippen molar-refractivity contribution in [3.63, 3.8) is 0 Å². The van der Waals surface area contributed by atoms with Gasteiger partial charge in [0.15, 0.2) is 5.03 Å². The smallest absolute Gasteiger partial charge is 0.337 e. The van der Waals surface area contributed by atoms with Crippen molar-refractivity contribution in [1.82, 2.24) is 9.29 Å². The predicted molar refractivity (Wildman–Crippen MR) is 64.1 cm³/mol. The van der Waals surface area contributed by atoms with Gasteiger partial charge in [0.05, 0.1) is 18.8 Å². The van der Waals surface area contributed by atoms with Crippen molar-refractivity contribution in [2.75, 3.05) is 26.3 Å². The fourth-order valence-electron chi connectivity index (χ4n) is 1.37. The Morgan fingerprint density at radius 2 is 1.79 bits per heavy atom. The molecule has 1 aromatic heterocycles. The van der Waals surface area contributed by atoms with E-state index in [1.54, 1.807) is 0 Å². The summed E-state index contributed by atoms with van der Waals surface area (Å²) in [6, 6.07) is 2.19. The van der Waals surface area contributed by atoms with E-state index in [-0.39, 0.29) is 23.7 Å². The van der Waals surface area contributed by atoms with Gasteiger partial charge in [0.1, 0.15) is 0 Å². The van der Waals surface area contributed by atoms with Crippen LogP contribution in [-0.4, -0.2) is 65.3 Å². The average Bonchev–Trinajstić information content (AvgIpc) is 2.38. The van der Waals surface area contributed by atoms with Crippen LogP contribution in [-0.2, 0) is 10.0 Å². The first-order chi connectivity index (χ1) is 8.93. The first kappa shape index (κ1) is 15.5. The van der Waals surface area contributed by atoms with E-state index in [1.807, 2.05) is 0 Å². The van der Waals surface area contributed by atoms with Gasteiger partial charge in [-0.1, -0.05) is 0 Å². The van der Waals surface area contributed by atoms with E-state index in [4.69, 9.17) is 15.3 Å². The van der Waals surface area contributed by atoms with E-state index in [2.05, 4.69) is 4.98 Å². The normalized spacial score (nSPS) is 11.7. The maximum Gasteiger partial charge on any atom is 0.337 e. The third kappa shape index (κ3) is 3.70. The third-order valence-electron chi connectivity index (χ3n) is 2.29. The summed E-state index contributed by atoms with van der Waals surface area (Å²) >= 11 is 0. The van der Waals surface area contributed by atoms with Gasteiger partial charge in [-0.3, -0.25) is 0 Å². The number of aromatic carboxylic acids is 1. The Kier molecular flexibility index (Phi) is 5.36. The maximum atomic E-state index is 12.1. The lowest BCUT2D eigenvalue weighted by molar-refractivity contribution is 0.0696. The van der Waals surface area contributed by atoms with E-state index in [0.717, 1.165) is 22.6 Å². The van der Waals surface area contributed by atoms with E-state index in [1.165, 1.54) is 0 Å². The van der Waals surface area contributed by atoms with Crippen LogP contribution in [0.25, 0.3) is 0 Å². The summed E-state index contributed by atoms with van der Waals surface area (Å²) < 4.78 is 25.0. The fourth-order valence-corrected chi connectivity index (χ4v) is 2.70. The molecule has 0 unspecified atom stereocenters. The number of sulfonamides is 1. The van der Waals surface area contributed by atoms with Crippen LogP contribution in [0.15, 0.2) is 23.4 Å². The molecule has 0 aliphatic carbocycles. The van der Waals surface area contributed by atoms with Crippen LogP contribution >= 0.6 is 0 Å². The van der Waals surface area contributed by atoms with Crippen molar-refractivity contribution < 1.29 is 28.5 Å². The number of pyridine rings is 1. The second-order valence-electron chi connectivity index (χ2n) is 3.54. The highest BCUT2D eigenvalue weighted by atomic mass is 32.2. The molecule has 3 N–H and O–H groups in total. The summed E-state index contributed by atoms with van der Waals surface area (Å²) in [5.41, 5.74) is -0.130. The van der Waals surface area contributed by atoms with Crippen LogP contribution in [0, 0.1) is 0 Å². The Bertz CT molecular complexity index is 521. The highest BCUT2D eigenvalue weighted by Gasteiger charge is 2.25. The minimum atomic E-state index is -3.96. The van der Waals surface area contributed by atoms with Gasteiger partial charge in [0.2, 0.25) is 0 Å². The van der Waals surface area contributed by atoms with Crippen molar-refractivity contribution in [3.8, 4) is 0 Å². The van der Waals surface area contributed by atoms with Crippen LogP contribution in [0.3, 0.4) is 0 Å². The Morgan fingerprint density at radius 1 is 1.21 bits per heavy atom. The Labute approximate surface area is 110 Å². The fraction of sp³-hybridized carbons (Fsp3) is 0.400. The third-order valence-corrected chi connectivity index (χ3v) is 4.10. The molecule has 1 aromatic rings. The number of hydrogen-bond acceptors (Lipinski definition) is 6. The molecule has 1 rings (SSSR count). The molecule has 0 amide bonds. The molecule has 0 aliphatic rings. The average molecular weight is 290 g/mol. The highest BCUT2D eigenvalue weighted by Crippen LogP contribution is 2.13. The molecule has 0 spiro atoms. The lowest BCUT2D eigenvalue weighted by atomic mass is 10.3. The van der Waals surface area contributed by atoms with Crippen LogP contribution in [0.4, 0.5) is 0 Å². The quantitative estimate of drug-likeness (QED) is 0.572. The van der Waals surface area contributed by atoms with Crippen LogP contribution < -0.4 is 0 Å². The van der Waals surface area contributed by atoms with Crippen molar-refractivity contribution in [2.24, 2.45) is 0 Å². The number of aromatic nitrogens is 1. The number of carboxylic acid groups (broad SMARTS) is 1. The monoisotopic (exact) mass is 290 g/mol. The molecule has 8 nitrogen and oxygen atoms in total. The van der Waals surface area contributed by atoms with E-state index in [0.29, 0.717) is 0 Å². The summed E-state index contributed by atoms with van der Waals surface area (Å²) in [7, 11) is -3.96. The van der Waals surface area contributed by atoms with Crippen LogP contribution in [0.1, 0.15) is 10.4 Å². The van der Waals surface area contributed by atoms with Crippen LogP contribution in [0.5, 0.6) is 0 Å². The van der Waals surface area contributed by atoms with Gasteiger partial charge < -0.3 is 15.3 Å². The van der Waals surface area contributed by atoms with Gasteiger partial charge >= 0.3 is 5.97 Å². The maximum absolute atomic E-state index is 12.1. The van der Waals surface area contributed by atoms with Gasteiger partial charge in [-0.05, 0) is 12.1 Å². The molecule has 0 bridgehead atoms.